The topological polar surface area (TPSA) is 43.3 Å². The predicted molar refractivity (Wildman–Crippen MR) is 76.1 cm³/mol. The summed E-state index contributed by atoms with van der Waals surface area (Å²) in [6, 6.07) is 11.8. The highest BCUT2D eigenvalue weighted by atomic mass is 19.1. The number of benzene rings is 1. The molecule has 0 radical (unpaired) electrons. The first kappa shape index (κ1) is 11.8. The van der Waals surface area contributed by atoms with E-state index in [1.54, 1.807) is 35.3 Å². The summed E-state index contributed by atoms with van der Waals surface area (Å²) in [6.07, 6.45) is 5.05. The van der Waals surface area contributed by atoms with Crippen molar-refractivity contribution in [1.82, 2.24) is 14.6 Å². The van der Waals surface area contributed by atoms with E-state index < -0.39 is 0 Å². The van der Waals surface area contributed by atoms with Gasteiger partial charge in [-0.2, -0.15) is 5.10 Å². The van der Waals surface area contributed by atoms with Crippen LogP contribution in [0.15, 0.2) is 65.5 Å². The summed E-state index contributed by atoms with van der Waals surface area (Å²) in [4.78, 5) is 4.38. The summed E-state index contributed by atoms with van der Waals surface area (Å²) in [5.74, 6) is 0.454. The molecule has 102 valence electrons. The van der Waals surface area contributed by atoms with Gasteiger partial charge in [0.1, 0.15) is 11.5 Å². The second kappa shape index (κ2) is 4.56. The van der Waals surface area contributed by atoms with E-state index in [0.717, 1.165) is 22.6 Å². The number of rotatable bonds is 2. The molecule has 0 aliphatic heterocycles. The number of nitrogens with zero attached hydrogens (tertiary/aromatic N) is 3. The number of furan rings is 1. The van der Waals surface area contributed by atoms with Crippen LogP contribution in [0.2, 0.25) is 0 Å². The predicted octanol–water partition coefficient (Wildman–Crippen LogP) is 3.80. The minimum atomic E-state index is -0.264. The van der Waals surface area contributed by atoms with Crippen LogP contribution in [-0.4, -0.2) is 14.6 Å². The lowest BCUT2D eigenvalue weighted by Gasteiger charge is -2.02. The van der Waals surface area contributed by atoms with Crippen LogP contribution in [0.5, 0.6) is 0 Å². The summed E-state index contributed by atoms with van der Waals surface area (Å²) >= 11 is 0. The maximum absolute atomic E-state index is 13.0. The molecule has 21 heavy (non-hydrogen) atoms. The number of hydrogen-bond acceptors (Lipinski definition) is 3. The maximum atomic E-state index is 13.0. The van der Waals surface area contributed by atoms with Crippen molar-refractivity contribution in [1.29, 1.82) is 0 Å². The molecule has 0 spiro atoms. The molecule has 3 heterocycles. The van der Waals surface area contributed by atoms with Crippen molar-refractivity contribution in [2.24, 2.45) is 0 Å². The highest BCUT2D eigenvalue weighted by Crippen LogP contribution is 2.27. The summed E-state index contributed by atoms with van der Waals surface area (Å²) in [5, 5.41) is 4.37. The Balaban J connectivity index is 1.93. The van der Waals surface area contributed by atoms with Gasteiger partial charge in [-0.05, 0) is 35.9 Å². The minimum Gasteiger partial charge on any atom is -0.463 e. The first-order valence-corrected chi connectivity index (χ1v) is 6.45. The summed E-state index contributed by atoms with van der Waals surface area (Å²) in [5.41, 5.74) is 3.24. The van der Waals surface area contributed by atoms with Crippen molar-refractivity contribution in [2.45, 2.75) is 0 Å². The van der Waals surface area contributed by atoms with Gasteiger partial charge in [0.15, 0.2) is 11.4 Å². The quantitative estimate of drug-likeness (QED) is 0.560. The Hall–Kier alpha value is -2.95. The zero-order valence-electron chi connectivity index (χ0n) is 10.9. The van der Waals surface area contributed by atoms with Crippen LogP contribution in [0, 0.1) is 5.82 Å². The highest BCUT2D eigenvalue weighted by molar-refractivity contribution is 5.78. The van der Waals surface area contributed by atoms with E-state index in [0.29, 0.717) is 5.65 Å². The van der Waals surface area contributed by atoms with Gasteiger partial charge in [-0.1, -0.05) is 12.1 Å². The SMILES string of the molecule is Fc1ccc(-c2cnn3c(-c4ccco4)ccnc23)cc1. The molecule has 0 saturated heterocycles. The molecule has 0 amide bonds. The molecule has 0 N–H and O–H groups in total. The van der Waals surface area contributed by atoms with Gasteiger partial charge in [-0.3, -0.25) is 0 Å². The first-order valence-electron chi connectivity index (χ1n) is 6.45. The number of hydrogen-bond donors (Lipinski definition) is 0. The number of halogens is 1. The third-order valence-electron chi connectivity index (χ3n) is 3.33. The summed E-state index contributed by atoms with van der Waals surface area (Å²) < 4.78 is 20.2. The average Bonchev–Trinajstić information content (AvgIpc) is 3.17. The van der Waals surface area contributed by atoms with E-state index >= 15 is 0 Å². The Morgan fingerprint density at radius 3 is 2.67 bits per heavy atom. The van der Waals surface area contributed by atoms with E-state index in [9.17, 15) is 4.39 Å². The van der Waals surface area contributed by atoms with Crippen LogP contribution in [0.25, 0.3) is 28.2 Å². The van der Waals surface area contributed by atoms with Crippen LogP contribution in [0.4, 0.5) is 4.39 Å². The van der Waals surface area contributed by atoms with E-state index in [1.807, 2.05) is 18.2 Å². The zero-order chi connectivity index (χ0) is 14.2. The van der Waals surface area contributed by atoms with Crippen molar-refractivity contribution in [3.05, 3.63) is 66.9 Å². The molecule has 5 heteroatoms. The fourth-order valence-corrected chi connectivity index (χ4v) is 2.34. The van der Waals surface area contributed by atoms with Crippen molar-refractivity contribution < 1.29 is 8.81 Å². The van der Waals surface area contributed by atoms with Crippen LogP contribution >= 0.6 is 0 Å². The largest absolute Gasteiger partial charge is 0.463 e. The number of aromatic nitrogens is 3. The lowest BCUT2D eigenvalue weighted by Crippen LogP contribution is -1.94. The van der Waals surface area contributed by atoms with Crippen LogP contribution in [0.3, 0.4) is 0 Å². The molecule has 4 aromatic rings. The van der Waals surface area contributed by atoms with E-state index in [2.05, 4.69) is 10.1 Å². The molecule has 4 rings (SSSR count). The molecular weight excluding hydrogens is 269 g/mol. The van der Waals surface area contributed by atoms with Gasteiger partial charge in [-0.25, -0.2) is 13.9 Å². The maximum Gasteiger partial charge on any atom is 0.163 e. The first-order chi connectivity index (χ1) is 10.3. The van der Waals surface area contributed by atoms with Crippen molar-refractivity contribution >= 4 is 5.65 Å². The van der Waals surface area contributed by atoms with Gasteiger partial charge in [0, 0.05) is 11.8 Å². The summed E-state index contributed by atoms with van der Waals surface area (Å²) in [6.45, 7) is 0. The van der Waals surface area contributed by atoms with Gasteiger partial charge >= 0.3 is 0 Å². The standard InChI is InChI=1S/C16H10FN3O/c17-12-5-3-11(4-6-12)13-10-19-20-14(7-8-18-16(13)20)15-2-1-9-21-15/h1-10H. The van der Waals surface area contributed by atoms with Crippen LogP contribution in [0.1, 0.15) is 0 Å². The normalized spacial score (nSPS) is 11.1. The molecule has 1 aromatic carbocycles. The molecule has 0 bridgehead atoms. The van der Waals surface area contributed by atoms with E-state index in [4.69, 9.17) is 4.42 Å². The Kier molecular flexibility index (Phi) is 2.57. The molecule has 0 aliphatic rings. The molecular formula is C16H10FN3O. The summed E-state index contributed by atoms with van der Waals surface area (Å²) in [7, 11) is 0. The highest BCUT2D eigenvalue weighted by Gasteiger charge is 2.12. The van der Waals surface area contributed by atoms with Crippen molar-refractivity contribution in [3.63, 3.8) is 0 Å². The van der Waals surface area contributed by atoms with Crippen molar-refractivity contribution in [3.8, 4) is 22.6 Å². The van der Waals surface area contributed by atoms with Gasteiger partial charge in [0.05, 0.1) is 12.5 Å². The molecule has 0 aliphatic carbocycles. The van der Waals surface area contributed by atoms with E-state index in [-0.39, 0.29) is 5.82 Å². The fourth-order valence-electron chi connectivity index (χ4n) is 2.34. The monoisotopic (exact) mass is 279 g/mol. The van der Waals surface area contributed by atoms with Gasteiger partial charge < -0.3 is 4.42 Å². The molecule has 0 atom stereocenters. The molecule has 0 unspecified atom stereocenters. The third kappa shape index (κ3) is 1.90. The average molecular weight is 279 g/mol. The van der Waals surface area contributed by atoms with Crippen molar-refractivity contribution in [2.75, 3.05) is 0 Å². The second-order valence-corrected chi connectivity index (χ2v) is 4.61. The Morgan fingerprint density at radius 2 is 1.90 bits per heavy atom. The lowest BCUT2D eigenvalue weighted by molar-refractivity contribution is 0.577. The minimum absolute atomic E-state index is 0.264. The molecule has 3 aromatic heterocycles. The lowest BCUT2D eigenvalue weighted by atomic mass is 10.1. The smallest absolute Gasteiger partial charge is 0.163 e. The van der Waals surface area contributed by atoms with Gasteiger partial charge in [0.25, 0.3) is 0 Å². The Bertz CT molecular complexity index is 895. The fraction of sp³-hybridized carbons (Fsp3) is 0. The van der Waals surface area contributed by atoms with E-state index in [1.165, 1.54) is 12.1 Å². The second-order valence-electron chi connectivity index (χ2n) is 4.61. The third-order valence-corrected chi connectivity index (χ3v) is 3.33. The number of fused-ring (bicyclic) bond motifs is 1. The van der Waals surface area contributed by atoms with Crippen LogP contribution < -0.4 is 0 Å². The molecule has 0 fully saturated rings. The Morgan fingerprint density at radius 1 is 1.05 bits per heavy atom. The Labute approximate surface area is 119 Å². The zero-order valence-corrected chi connectivity index (χ0v) is 10.9. The van der Waals surface area contributed by atoms with Gasteiger partial charge in [0.2, 0.25) is 0 Å². The molecule has 0 saturated carbocycles. The molecule has 4 nitrogen and oxygen atoms in total. The van der Waals surface area contributed by atoms with Gasteiger partial charge in [-0.15, -0.1) is 0 Å². The van der Waals surface area contributed by atoms with Crippen LogP contribution in [-0.2, 0) is 0 Å².